The number of hydrogen-bond acceptors (Lipinski definition) is 6. The number of carbonyl (C=O) groups is 1. The first-order valence-electron chi connectivity index (χ1n) is 12.1. The molecule has 3 aromatic rings. The number of nitrogens with zero attached hydrogens (tertiary/aromatic N) is 1. The average Bonchev–Trinajstić information content (AvgIpc) is 2.90. The van der Waals surface area contributed by atoms with Crippen LogP contribution in [0.5, 0.6) is 17.2 Å². The molecular formula is C28H32N2O6S. The minimum absolute atomic E-state index is 0.0963. The van der Waals surface area contributed by atoms with Crippen LogP contribution >= 0.6 is 0 Å². The van der Waals surface area contributed by atoms with Crippen LogP contribution < -0.4 is 23.8 Å². The van der Waals surface area contributed by atoms with Crippen LogP contribution in [0.25, 0.3) is 0 Å². The molecule has 0 saturated carbocycles. The molecule has 4 rings (SSSR count). The average molecular weight is 525 g/mol. The molecule has 0 aromatic heterocycles. The van der Waals surface area contributed by atoms with Gasteiger partial charge in [0, 0.05) is 0 Å². The zero-order valence-electron chi connectivity index (χ0n) is 21.4. The Morgan fingerprint density at radius 1 is 1.11 bits per heavy atom. The summed E-state index contributed by atoms with van der Waals surface area (Å²) in [6.07, 6.45) is -1.02. The quantitative estimate of drug-likeness (QED) is 0.420. The summed E-state index contributed by atoms with van der Waals surface area (Å²) in [5.41, 5.74) is 2.36. The maximum absolute atomic E-state index is 13.6. The Balaban J connectivity index is 1.48. The molecule has 1 aliphatic heterocycles. The number of aryl methyl sites for hydroxylation is 1. The van der Waals surface area contributed by atoms with Crippen LogP contribution in [-0.2, 0) is 14.8 Å². The Hall–Kier alpha value is -3.72. The summed E-state index contributed by atoms with van der Waals surface area (Å²) >= 11 is 0. The van der Waals surface area contributed by atoms with E-state index in [9.17, 15) is 13.2 Å². The number of para-hydroxylation sites is 1. The number of rotatable bonds is 9. The maximum Gasteiger partial charge on any atom is 0.264 e. The fraction of sp³-hybridized carbons (Fsp3) is 0.321. The van der Waals surface area contributed by atoms with Gasteiger partial charge in [0.05, 0.1) is 30.8 Å². The van der Waals surface area contributed by atoms with Crippen molar-refractivity contribution >= 4 is 21.6 Å². The fourth-order valence-corrected chi connectivity index (χ4v) is 5.61. The minimum atomic E-state index is -3.96. The van der Waals surface area contributed by atoms with Gasteiger partial charge < -0.3 is 19.5 Å². The van der Waals surface area contributed by atoms with Crippen LogP contribution in [0.4, 0.5) is 5.69 Å². The van der Waals surface area contributed by atoms with Gasteiger partial charge in [0.1, 0.15) is 23.9 Å². The molecule has 1 aliphatic rings. The zero-order valence-corrected chi connectivity index (χ0v) is 22.2. The molecule has 0 radical (unpaired) electrons. The molecule has 8 nitrogen and oxygen atoms in total. The van der Waals surface area contributed by atoms with E-state index < -0.39 is 22.0 Å². The van der Waals surface area contributed by atoms with E-state index in [1.807, 2.05) is 37.3 Å². The fourth-order valence-electron chi connectivity index (χ4n) is 4.14. The number of amides is 1. The van der Waals surface area contributed by atoms with Gasteiger partial charge in [-0.05, 0) is 66.4 Å². The minimum Gasteiger partial charge on any atom is -0.497 e. The number of fused-ring (bicyclic) bond motifs is 1. The number of anilines is 1. The topological polar surface area (TPSA) is 94.2 Å². The van der Waals surface area contributed by atoms with Crippen molar-refractivity contribution in [2.45, 2.75) is 37.7 Å². The lowest BCUT2D eigenvalue weighted by atomic mass is 10.0. The third kappa shape index (κ3) is 5.83. The maximum atomic E-state index is 13.6. The lowest BCUT2D eigenvalue weighted by molar-refractivity contribution is -0.127. The smallest absolute Gasteiger partial charge is 0.264 e. The summed E-state index contributed by atoms with van der Waals surface area (Å²) in [6, 6.07) is 19.2. The first kappa shape index (κ1) is 26.3. The molecule has 1 atom stereocenters. The highest BCUT2D eigenvalue weighted by molar-refractivity contribution is 7.92. The number of sulfonamides is 1. The van der Waals surface area contributed by atoms with E-state index in [1.165, 1.54) is 23.5 Å². The monoisotopic (exact) mass is 524 g/mol. The number of ether oxygens (including phenoxy) is 3. The molecule has 3 aromatic carbocycles. The van der Waals surface area contributed by atoms with Crippen LogP contribution in [-0.4, -0.2) is 47.2 Å². The number of hydrogen-bond donors (Lipinski definition) is 1. The summed E-state index contributed by atoms with van der Waals surface area (Å²) in [7, 11) is -2.45. The molecule has 9 heteroatoms. The van der Waals surface area contributed by atoms with Gasteiger partial charge in [0.25, 0.3) is 15.9 Å². The largest absolute Gasteiger partial charge is 0.497 e. The van der Waals surface area contributed by atoms with Crippen molar-refractivity contribution in [3.05, 3.63) is 77.9 Å². The van der Waals surface area contributed by atoms with Crippen LogP contribution in [0.15, 0.2) is 71.6 Å². The van der Waals surface area contributed by atoms with Crippen molar-refractivity contribution in [1.82, 2.24) is 5.32 Å². The summed E-state index contributed by atoms with van der Waals surface area (Å²) < 4.78 is 45.4. The standard InChI is InChI=1S/C28H32N2O6S/c1-19(2)23-7-5-6-8-25(23)35-16-15-29-28(31)27-18-30(24-17-20(3)9-14-26(24)36-27)37(32,33)22-12-10-21(34-4)11-13-22/h5-14,17,19,27H,15-16,18H2,1-4H3,(H,29,31). The Bertz CT molecular complexity index is 1360. The first-order valence-corrected chi connectivity index (χ1v) is 13.6. The van der Waals surface area contributed by atoms with Crippen LogP contribution in [0, 0.1) is 6.92 Å². The predicted octanol–water partition coefficient (Wildman–Crippen LogP) is 4.28. The summed E-state index contributed by atoms with van der Waals surface area (Å²) in [5, 5.41) is 2.81. The van der Waals surface area contributed by atoms with Crippen LogP contribution in [0.1, 0.15) is 30.9 Å². The summed E-state index contributed by atoms with van der Waals surface area (Å²) in [5.74, 6) is 1.55. The molecule has 1 amide bonds. The van der Waals surface area contributed by atoms with Gasteiger partial charge in [-0.15, -0.1) is 0 Å². The second-order valence-electron chi connectivity index (χ2n) is 9.12. The van der Waals surface area contributed by atoms with Crippen molar-refractivity contribution in [1.29, 1.82) is 0 Å². The van der Waals surface area contributed by atoms with E-state index in [4.69, 9.17) is 14.2 Å². The van der Waals surface area contributed by atoms with E-state index in [1.54, 1.807) is 24.3 Å². The lowest BCUT2D eigenvalue weighted by Crippen LogP contribution is -2.51. The van der Waals surface area contributed by atoms with Gasteiger partial charge in [0.15, 0.2) is 6.10 Å². The Labute approximate surface area is 218 Å². The third-order valence-electron chi connectivity index (χ3n) is 6.12. The Morgan fingerprint density at radius 2 is 1.84 bits per heavy atom. The molecule has 37 heavy (non-hydrogen) atoms. The van der Waals surface area contributed by atoms with E-state index in [-0.39, 0.29) is 24.6 Å². The van der Waals surface area contributed by atoms with Gasteiger partial charge in [-0.25, -0.2) is 8.42 Å². The highest BCUT2D eigenvalue weighted by atomic mass is 32.2. The lowest BCUT2D eigenvalue weighted by Gasteiger charge is -2.35. The number of benzene rings is 3. The van der Waals surface area contributed by atoms with Gasteiger partial charge >= 0.3 is 0 Å². The molecule has 1 unspecified atom stereocenters. The van der Waals surface area contributed by atoms with Gasteiger partial charge in [-0.3, -0.25) is 9.10 Å². The molecule has 0 saturated heterocycles. The number of methoxy groups -OCH3 is 1. The van der Waals surface area contributed by atoms with E-state index >= 15 is 0 Å². The SMILES string of the molecule is COc1ccc(S(=O)(=O)N2CC(C(=O)NCCOc3ccccc3C(C)C)Oc3ccc(C)cc32)cc1. The highest BCUT2D eigenvalue weighted by Crippen LogP contribution is 2.38. The predicted molar refractivity (Wildman–Crippen MR) is 142 cm³/mol. The van der Waals surface area contributed by atoms with Crippen molar-refractivity contribution < 1.29 is 27.4 Å². The van der Waals surface area contributed by atoms with Crippen LogP contribution in [0.3, 0.4) is 0 Å². The van der Waals surface area contributed by atoms with E-state index in [0.29, 0.717) is 23.1 Å². The molecular weight excluding hydrogens is 492 g/mol. The zero-order chi connectivity index (χ0) is 26.6. The molecule has 0 bridgehead atoms. The first-order chi connectivity index (χ1) is 17.7. The third-order valence-corrected chi connectivity index (χ3v) is 7.92. The van der Waals surface area contributed by atoms with Crippen LogP contribution in [0.2, 0.25) is 0 Å². The molecule has 1 N–H and O–H groups in total. The van der Waals surface area contributed by atoms with Crippen molar-refractivity contribution in [2.24, 2.45) is 0 Å². The van der Waals surface area contributed by atoms with Gasteiger partial charge in [-0.2, -0.15) is 0 Å². The van der Waals surface area contributed by atoms with Gasteiger partial charge in [-0.1, -0.05) is 38.1 Å². The normalized spacial score (nSPS) is 15.1. The Morgan fingerprint density at radius 3 is 2.54 bits per heavy atom. The summed E-state index contributed by atoms with van der Waals surface area (Å²) in [4.78, 5) is 13.1. The second-order valence-corrected chi connectivity index (χ2v) is 11.0. The van der Waals surface area contributed by atoms with E-state index in [2.05, 4.69) is 19.2 Å². The number of nitrogens with one attached hydrogen (secondary N) is 1. The molecule has 196 valence electrons. The van der Waals surface area contributed by atoms with E-state index in [0.717, 1.165) is 16.9 Å². The molecule has 1 heterocycles. The molecule has 0 fully saturated rings. The van der Waals surface area contributed by atoms with Gasteiger partial charge in [0.2, 0.25) is 0 Å². The summed E-state index contributed by atoms with van der Waals surface area (Å²) in [6.45, 7) is 6.41. The van der Waals surface area contributed by atoms with Crippen molar-refractivity contribution in [3.63, 3.8) is 0 Å². The molecule has 0 aliphatic carbocycles. The van der Waals surface area contributed by atoms with Crippen molar-refractivity contribution in [2.75, 3.05) is 31.1 Å². The Kier molecular flexibility index (Phi) is 7.92. The molecule has 0 spiro atoms. The van der Waals surface area contributed by atoms with Crippen molar-refractivity contribution in [3.8, 4) is 17.2 Å². The highest BCUT2D eigenvalue weighted by Gasteiger charge is 2.37. The second kappa shape index (κ2) is 11.1. The number of carbonyl (C=O) groups excluding carboxylic acids is 1.